The molecule has 2 aliphatic rings. The Morgan fingerprint density at radius 1 is 1.25 bits per heavy atom. The number of carbonyl (C=O) groups is 1. The second-order valence-electron chi connectivity index (χ2n) is 6.16. The normalized spacial score (nSPS) is 19.0. The Kier molecular flexibility index (Phi) is 3.52. The molecule has 2 aromatic carbocycles. The van der Waals surface area contributed by atoms with E-state index in [9.17, 15) is 14.3 Å². The molecule has 124 valence electrons. The van der Waals surface area contributed by atoms with Crippen molar-refractivity contribution in [3.05, 3.63) is 47.8 Å². The largest absolute Gasteiger partial charge is 0.508 e. The first-order valence-corrected chi connectivity index (χ1v) is 7.94. The fraction of sp³-hybridized carbons (Fsp3) is 0.278. The molecule has 0 saturated heterocycles. The number of benzene rings is 2. The van der Waals surface area contributed by atoms with Crippen molar-refractivity contribution in [2.24, 2.45) is 0 Å². The minimum Gasteiger partial charge on any atom is -0.508 e. The molecule has 0 radical (unpaired) electrons. The SMILES string of the molecule is O=C(Nc1ccc(C2CC2)c(O)c1)C1CNc2ccc(F)cc2O1. The molecule has 3 N–H and O–H groups in total. The molecule has 2 aromatic rings. The standard InChI is InChI=1S/C18H17FN2O3/c19-11-3-6-14-16(7-11)24-17(9-20-14)18(23)21-12-4-5-13(10-1-2-10)15(22)8-12/h3-8,10,17,20,22H,1-2,9H2,(H,21,23). The van der Waals surface area contributed by atoms with E-state index < -0.39 is 11.9 Å². The maximum Gasteiger partial charge on any atom is 0.267 e. The van der Waals surface area contributed by atoms with Crippen molar-refractivity contribution in [3.8, 4) is 11.5 Å². The van der Waals surface area contributed by atoms with E-state index in [0.29, 0.717) is 23.0 Å². The number of carbonyl (C=O) groups excluding carboxylic acids is 1. The number of amides is 1. The average molecular weight is 328 g/mol. The van der Waals surface area contributed by atoms with Gasteiger partial charge in [0.1, 0.15) is 17.3 Å². The highest BCUT2D eigenvalue weighted by Crippen LogP contribution is 2.44. The molecule has 0 aromatic heterocycles. The van der Waals surface area contributed by atoms with Gasteiger partial charge in [0.25, 0.3) is 5.91 Å². The second kappa shape index (κ2) is 5.70. The fourth-order valence-electron chi connectivity index (χ4n) is 2.87. The van der Waals surface area contributed by atoms with Crippen molar-refractivity contribution in [3.63, 3.8) is 0 Å². The second-order valence-corrected chi connectivity index (χ2v) is 6.16. The predicted molar refractivity (Wildman–Crippen MR) is 88.0 cm³/mol. The van der Waals surface area contributed by atoms with Gasteiger partial charge in [-0.1, -0.05) is 6.07 Å². The molecular formula is C18H17FN2O3. The zero-order chi connectivity index (χ0) is 16.7. The lowest BCUT2D eigenvalue weighted by atomic mass is 10.1. The first kappa shape index (κ1) is 14.8. The summed E-state index contributed by atoms with van der Waals surface area (Å²) in [6.07, 6.45) is 1.41. The van der Waals surface area contributed by atoms with Crippen LogP contribution in [-0.4, -0.2) is 23.7 Å². The number of anilines is 2. The Morgan fingerprint density at radius 3 is 2.83 bits per heavy atom. The van der Waals surface area contributed by atoms with Gasteiger partial charge in [0.15, 0.2) is 6.10 Å². The quantitative estimate of drug-likeness (QED) is 0.809. The van der Waals surface area contributed by atoms with Crippen LogP contribution in [0.2, 0.25) is 0 Å². The summed E-state index contributed by atoms with van der Waals surface area (Å²) in [5, 5.41) is 15.8. The van der Waals surface area contributed by atoms with Gasteiger partial charge in [-0.2, -0.15) is 0 Å². The first-order valence-electron chi connectivity index (χ1n) is 7.94. The summed E-state index contributed by atoms with van der Waals surface area (Å²) in [6, 6.07) is 9.32. The van der Waals surface area contributed by atoms with E-state index in [1.165, 1.54) is 12.1 Å². The van der Waals surface area contributed by atoms with Crippen LogP contribution in [0.15, 0.2) is 36.4 Å². The van der Waals surface area contributed by atoms with E-state index >= 15 is 0 Å². The van der Waals surface area contributed by atoms with Crippen LogP contribution in [0.5, 0.6) is 11.5 Å². The maximum atomic E-state index is 13.3. The lowest BCUT2D eigenvalue weighted by Crippen LogP contribution is -2.41. The first-order chi connectivity index (χ1) is 11.6. The summed E-state index contributed by atoms with van der Waals surface area (Å²) in [6.45, 7) is 0.288. The van der Waals surface area contributed by atoms with Crippen LogP contribution in [0.4, 0.5) is 15.8 Å². The molecule has 6 heteroatoms. The molecule has 1 atom stereocenters. The Balaban J connectivity index is 1.46. The van der Waals surface area contributed by atoms with Gasteiger partial charge in [-0.05, 0) is 42.5 Å². The Hall–Kier alpha value is -2.76. The molecule has 1 unspecified atom stereocenters. The maximum absolute atomic E-state index is 13.3. The van der Waals surface area contributed by atoms with Crippen molar-refractivity contribution >= 4 is 17.3 Å². The Morgan fingerprint density at radius 2 is 2.08 bits per heavy atom. The minimum atomic E-state index is -0.774. The predicted octanol–water partition coefficient (Wildman–Crippen LogP) is 3.22. The number of phenolic OH excluding ortho intramolecular Hbond substituents is 1. The highest BCUT2D eigenvalue weighted by Gasteiger charge is 2.28. The van der Waals surface area contributed by atoms with Gasteiger partial charge in [-0.15, -0.1) is 0 Å². The number of phenols is 1. The number of nitrogens with one attached hydrogen (secondary N) is 2. The number of rotatable bonds is 3. The van der Waals surface area contributed by atoms with Crippen LogP contribution in [-0.2, 0) is 4.79 Å². The molecule has 5 nitrogen and oxygen atoms in total. The van der Waals surface area contributed by atoms with Gasteiger partial charge in [-0.25, -0.2) is 4.39 Å². The van der Waals surface area contributed by atoms with Gasteiger partial charge in [-0.3, -0.25) is 4.79 Å². The van der Waals surface area contributed by atoms with Crippen LogP contribution in [0.1, 0.15) is 24.3 Å². The van der Waals surface area contributed by atoms with E-state index in [1.807, 2.05) is 6.07 Å². The summed E-state index contributed by atoms with van der Waals surface area (Å²) in [7, 11) is 0. The molecular weight excluding hydrogens is 311 g/mol. The highest BCUT2D eigenvalue weighted by atomic mass is 19.1. The van der Waals surface area contributed by atoms with Gasteiger partial charge in [0.2, 0.25) is 0 Å². The number of aromatic hydroxyl groups is 1. The molecule has 1 heterocycles. The molecule has 24 heavy (non-hydrogen) atoms. The van der Waals surface area contributed by atoms with Gasteiger partial charge in [0.05, 0.1) is 12.2 Å². The third kappa shape index (κ3) is 2.87. The smallest absolute Gasteiger partial charge is 0.267 e. The van der Waals surface area contributed by atoms with E-state index in [2.05, 4.69) is 10.6 Å². The topological polar surface area (TPSA) is 70.6 Å². The molecule has 0 bridgehead atoms. The summed E-state index contributed by atoms with van der Waals surface area (Å²) < 4.78 is 18.9. The zero-order valence-corrected chi connectivity index (χ0v) is 12.9. The lowest BCUT2D eigenvalue weighted by molar-refractivity contribution is -0.122. The zero-order valence-electron chi connectivity index (χ0n) is 12.9. The summed E-state index contributed by atoms with van der Waals surface area (Å²) >= 11 is 0. The third-order valence-electron chi connectivity index (χ3n) is 4.30. The van der Waals surface area contributed by atoms with Crippen molar-refractivity contribution in [2.75, 3.05) is 17.2 Å². The van der Waals surface area contributed by atoms with Crippen LogP contribution < -0.4 is 15.4 Å². The third-order valence-corrected chi connectivity index (χ3v) is 4.30. The van der Waals surface area contributed by atoms with Crippen LogP contribution in [0.3, 0.4) is 0 Å². The summed E-state index contributed by atoms with van der Waals surface area (Å²) in [4.78, 5) is 12.4. The number of hydrogen-bond acceptors (Lipinski definition) is 4. The molecule has 0 spiro atoms. The number of halogens is 1. The van der Waals surface area contributed by atoms with Crippen molar-refractivity contribution in [1.29, 1.82) is 0 Å². The molecule has 1 aliphatic carbocycles. The number of hydrogen-bond donors (Lipinski definition) is 3. The minimum absolute atomic E-state index is 0.199. The summed E-state index contributed by atoms with van der Waals surface area (Å²) in [5.74, 6) is 0.180. The molecule has 1 fully saturated rings. The van der Waals surface area contributed by atoms with E-state index in [0.717, 1.165) is 18.4 Å². The number of ether oxygens (including phenoxy) is 1. The Bertz CT molecular complexity index is 805. The fourth-order valence-corrected chi connectivity index (χ4v) is 2.87. The molecule has 1 saturated carbocycles. The number of fused-ring (bicyclic) bond motifs is 1. The van der Waals surface area contributed by atoms with Gasteiger partial charge < -0.3 is 20.5 Å². The van der Waals surface area contributed by atoms with Crippen LogP contribution >= 0.6 is 0 Å². The van der Waals surface area contributed by atoms with E-state index in [1.54, 1.807) is 18.2 Å². The van der Waals surface area contributed by atoms with E-state index in [-0.39, 0.29) is 18.2 Å². The highest BCUT2D eigenvalue weighted by molar-refractivity contribution is 5.95. The Labute approximate surface area is 138 Å². The molecule has 4 rings (SSSR count). The van der Waals surface area contributed by atoms with Crippen LogP contribution in [0, 0.1) is 5.82 Å². The van der Waals surface area contributed by atoms with Crippen molar-refractivity contribution in [1.82, 2.24) is 0 Å². The van der Waals surface area contributed by atoms with Gasteiger partial charge in [0, 0.05) is 17.8 Å². The van der Waals surface area contributed by atoms with Gasteiger partial charge >= 0.3 is 0 Å². The van der Waals surface area contributed by atoms with Crippen molar-refractivity contribution < 1.29 is 19.0 Å². The van der Waals surface area contributed by atoms with Crippen molar-refractivity contribution in [2.45, 2.75) is 24.9 Å². The molecule has 1 amide bonds. The summed E-state index contributed by atoms with van der Waals surface area (Å²) in [5.41, 5.74) is 2.09. The lowest BCUT2D eigenvalue weighted by Gasteiger charge is -2.26. The average Bonchev–Trinajstić information content (AvgIpc) is 3.39. The van der Waals surface area contributed by atoms with Crippen LogP contribution in [0.25, 0.3) is 0 Å². The van der Waals surface area contributed by atoms with E-state index in [4.69, 9.17) is 4.74 Å². The monoisotopic (exact) mass is 328 g/mol. The molecule has 1 aliphatic heterocycles.